The fourth-order valence-electron chi connectivity index (χ4n) is 1.26. The number of carbonyl (C=O) groups is 2. The van der Waals surface area contributed by atoms with E-state index in [1.54, 1.807) is 17.4 Å². The predicted molar refractivity (Wildman–Crippen MR) is 69.5 cm³/mol. The Morgan fingerprint density at radius 1 is 1.56 bits per heavy atom. The van der Waals surface area contributed by atoms with Crippen molar-refractivity contribution >= 4 is 29.3 Å². The summed E-state index contributed by atoms with van der Waals surface area (Å²) in [5, 5.41) is 11.2. The van der Waals surface area contributed by atoms with E-state index in [1.165, 1.54) is 13.2 Å². The first kappa shape index (κ1) is 14.4. The molecule has 0 aliphatic rings. The Morgan fingerprint density at radius 2 is 2.28 bits per heavy atom. The van der Waals surface area contributed by atoms with Gasteiger partial charge in [-0.05, 0) is 25.1 Å². The summed E-state index contributed by atoms with van der Waals surface area (Å²) in [7, 11) is 1.38. The number of carboxylic acid groups (broad SMARTS) is 1. The van der Waals surface area contributed by atoms with Crippen LogP contribution in [0.1, 0.15) is 9.75 Å². The average Bonchev–Trinajstić information content (AvgIpc) is 2.72. The smallest absolute Gasteiger partial charge is 0.328 e. The van der Waals surface area contributed by atoms with Gasteiger partial charge in [-0.25, -0.2) is 4.79 Å². The average molecular weight is 269 g/mol. The summed E-state index contributed by atoms with van der Waals surface area (Å²) >= 11 is 1.56. The van der Waals surface area contributed by atoms with Crippen LogP contribution in [-0.4, -0.2) is 36.7 Å². The lowest BCUT2D eigenvalue weighted by molar-refractivity contribution is -0.142. The first-order valence-corrected chi connectivity index (χ1v) is 6.11. The molecule has 0 aliphatic heterocycles. The van der Waals surface area contributed by atoms with Gasteiger partial charge in [0.2, 0.25) is 5.91 Å². The summed E-state index contributed by atoms with van der Waals surface area (Å²) in [6.45, 7) is 1.91. The number of ether oxygens (including phenoxy) is 1. The molecule has 2 N–H and O–H groups in total. The minimum Gasteiger partial charge on any atom is -0.480 e. The normalized spacial score (nSPS) is 12.6. The highest BCUT2D eigenvalue weighted by Gasteiger charge is 2.18. The molecule has 1 heterocycles. The van der Waals surface area contributed by atoms with Crippen molar-refractivity contribution in [2.24, 2.45) is 0 Å². The molecule has 98 valence electrons. The minimum atomic E-state index is -1.12. The van der Waals surface area contributed by atoms with E-state index >= 15 is 0 Å². The minimum absolute atomic E-state index is 0.0625. The second kappa shape index (κ2) is 6.93. The van der Waals surface area contributed by atoms with Gasteiger partial charge in [0, 0.05) is 22.9 Å². The van der Waals surface area contributed by atoms with Gasteiger partial charge in [0.1, 0.15) is 0 Å². The van der Waals surface area contributed by atoms with Crippen LogP contribution < -0.4 is 5.32 Å². The Labute approximate surface area is 109 Å². The van der Waals surface area contributed by atoms with Crippen LogP contribution in [0.2, 0.25) is 0 Å². The first-order chi connectivity index (χ1) is 8.52. The molecule has 0 aliphatic carbocycles. The Hall–Kier alpha value is -1.66. The molecule has 6 heteroatoms. The van der Waals surface area contributed by atoms with Gasteiger partial charge >= 0.3 is 5.97 Å². The molecule has 0 fully saturated rings. The quantitative estimate of drug-likeness (QED) is 0.763. The summed E-state index contributed by atoms with van der Waals surface area (Å²) in [4.78, 5) is 24.4. The summed E-state index contributed by atoms with van der Waals surface area (Å²) in [5.41, 5.74) is 0. The zero-order chi connectivity index (χ0) is 13.5. The van der Waals surface area contributed by atoms with Crippen LogP contribution in [0.25, 0.3) is 6.08 Å². The second-order valence-corrected chi connectivity index (χ2v) is 4.96. The second-order valence-electron chi connectivity index (χ2n) is 3.64. The van der Waals surface area contributed by atoms with Gasteiger partial charge in [-0.3, -0.25) is 4.79 Å². The lowest BCUT2D eigenvalue weighted by atomic mass is 10.3. The van der Waals surface area contributed by atoms with E-state index in [-0.39, 0.29) is 6.61 Å². The molecular formula is C12H15NO4S. The van der Waals surface area contributed by atoms with Crippen molar-refractivity contribution in [2.45, 2.75) is 13.0 Å². The van der Waals surface area contributed by atoms with E-state index in [0.29, 0.717) is 0 Å². The van der Waals surface area contributed by atoms with E-state index < -0.39 is 17.9 Å². The molecule has 1 aromatic rings. The van der Waals surface area contributed by atoms with Crippen molar-refractivity contribution in [1.29, 1.82) is 0 Å². The number of carbonyl (C=O) groups excluding carboxylic acids is 1. The number of amides is 1. The standard InChI is InChI=1S/C12H15NO4S/c1-8-3-4-9(18-8)5-6-11(14)13-10(7-17-2)12(15)16/h3-6,10H,7H2,1-2H3,(H,13,14)(H,15,16)/b6-5+. The molecular weight excluding hydrogens is 254 g/mol. The maximum absolute atomic E-state index is 11.5. The maximum Gasteiger partial charge on any atom is 0.328 e. The van der Waals surface area contributed by atoms with E-state index in [2.05, 4.69) is 5.32 Å². The fourth-order valence-corrected chi connectivity index (χ4v) is 2.04. The molecule has 0 saturated carbocycles. The maximum atomic E-state index is 11.5. The zero-order valence-corrected chi connectivity index (χ0v) is 11.0. The van der Waals surface area contributed by atoms with Gasteiger partial charge in [0.15, 0.2) is 6.04 Å². The molecule has 18 heavy (non-hydrogen) atoms. The van der Waals surface area contributed by atoms with E-state index in [1.807, 2.05) is 19.1 Å². The third-order valence-corrected chi connectivity index (χ3v) is 3.07. The van der Waals surface area contributed by atoms with Crippen LogP contribution in [-0.2, 0) is 14.3 Å². The number of aryl methyl sites for hydroxylation is 1. The van der Waals surface area contributed by atoms with Crippen LogP contribution in [0, 0.1) is 6.92 Å². The molecule has 1 aromatic heterocycles. The molecule has 1 atom stereocenters. The molecule has 1 amide bonds. The molecule has 1 unspecified atom stereocenters. The topological polar surface area (TPSA) is 75.6 Å². The highest BCUT2D eigenvalue weighted by Crippen LogP contribution is 2.16. The highest BCUT2D eigenvalue weighted by molar-refractivity contribution is 7.12. The zero-order valence-electron chi connectivity index (χ0n) is 10.2. The van der Waals surface area contributed by atoms with E-state index in [9.17, 15) is 9.59 Å². The highest BCUT2D eigenvalue weighted by atomic mass is 32.1. The van der Waals surface area contributed by atoms with Gasteiger partial charge in [0.05, 0.1) is 6.61 Å². The van der Waals surface area contributed by atoms with Crippen molar-refractivity contribution in [3.63, 3.8) is 0 Å². The number of carboxylic acids is 1. The van der Waals surface area contributed by atoms with Gasteiger partial charge in [0.25, 0.3) is 0 Å². The monoisotopic (exact) mass is 269 g/mol. The lowest BCUT2D eigenvalue weighted by Crippen LogP contribution is -2.43. The van der Waals surface area contributed by atoms with Crippen molar-refractivity contribution in [1.82, 2.24) is 5.32 Å². The van der Waals surface area contributed by atoms with E-state index in [0.717, 1.165) is 9.75 Å². The van der Waals surface area contributed by atoms with Crippen molar-refractivity contribution in [3.8, 4) is 0 Å². The molecule has 0 aromatic carbocycles. The van der Waals surface area contributed by atoms with Crippen LogP contribution in [0.5, 0.6) is 0 Å². The number of aliphatic carboxylic acids is 1. The molecule has 0 saturated heterocycles. The number of hydrogen-bond acceptors (Lipinski definition) is 4. The Balaban J connectivity index is 2.54. The van der Waals surface area contributed by atoms with Gasteiger partial charge in [-0.2, -0.15) is 0 Å². The molecule has 0 spiro atoms. The Bertz CT molecular complexity index is 453. The van der Waals surface area contributed by atoms with Crippen LogP contribution >= 0.6 is 11.3 Å². The van der Waals surface area contributed by atoms with Gasteiger partial charge < -0.3 is 15.2 Å². The number of thiophene rings is 1. The largest absolute Gasteiger partial charge is 0.480 e. The van der Waals surface area contributed by atoms with Crippen LogP contribution in [0.3, 0.4) is 0 Å². The SMILES string of the molecule is COCC(NC(=O)/C=C/c1ccc(C)s1)C(=O)O. The Morgan fingerprint density at radius 3 is 2.78 bits per heavy atom. The van der Waals surface area contributed by atoms with Crippen LogP contribution in [0.4, 0.5) is 0 Å². The molecule has 1 rings (SSSR count). The molecule has 0 bridgehead atoms. The van der Waals surface area contributed by atoms with E-state index in [4.69, 9.17) is 9.84 Å². The third-order valence-electron chi connectivity index (χ3n) is 2.11. The number of rotatable bonds is 6. The number of methoxy groups -OCH3 is 1. The number of nitrogens with one attached hydrogen (secondary N) is 1. The number of hydrogen-bond donors (Lipinski definition) is 2. The van der Waals surface area contributed by atoms with Crippen molar-refractivity contribution < 1.29 is 19.4 Å². The fraction of sp³-hybridized carbons (Fsp3) is 0.333. The predicted octanol–water partition coefficient (Wildman–Crippen LogP) is 1.29. The summed E-state index contributed by atoms with van der Waals surface area (Å²) in [5.74, 6) is -1.57. The molecule has 5 nitrogen and oxygen atoms in total. The van der Waals surface area contributed by atoms with Crippen LogP contribution in [0.15, 0.2) is 18.2 Å². The summed E-state index contributed by atoms with van der Waals surface area (Å²) in [6.07, 6.45) is 2.97. The molecule has 0 radical (unpaired) electrons. The first-order valence-electron chi connectivity index (χ1n) is 5.29. The summed E-state index contributed by atoms with van der Waals surface area (Å²) < 4.78 is 4.71. The van der Waals surface area contributed by atoms with Gasteiger partial charge in [-0.1, -0.05) is 0 Å². The summed E-state index contributed by atoms with van der Waals surface area (Å²) in [6, 6.07) is 2.82. The third kappa shape index (κ3) is 4.68. The lowest BCUT2D eigenvalue weighted by Gasteiger charge is -2.11. The van der Waals surface area contributed by atoms with Crippen molar-refractivity contribution in [2.75, 3.05) is 13.7 Å². The van der Waals surface area contributed by atoms with Gasteiger partial charge in [-0.15, -0.1) is 11.3 Å². The van der Waals surface area contributed by atoms with Crippen molar-refractivity contribution in [3.05, 3.63) is 28.0 Å². The Kier molecular flexibility index (Phi) is 5.54.